The van der Waals surface area contributed by atoms with Crippen LogP contribution in [0.5, 0.6) is 0 Å². The van der Waals surface area contributed by atoms with Crippen molar-refractivity contribution >= 4 is 11.6 Å². The minimum Gasteiger partial charge on any atom is -0.291 e. The van der Waals surface area contributed by atoms with Gasteiger partial charge in [-0.1, -0.05) is 37.6 Å². The highest BCUT2D eigenvalue weighted by Crippen LogP contribution is 2.66. The second kappa shape index (κ2) is 5.41. The van der Waals surface area contributed by atoms with Crippen molar-refractivity contribution in [2.24, 2.45) is 34.5 Å². The maximum Gasteiger partial charge on any atom is 0.201 e. The molecule has 0 unspecified atom stereocenters. The molecule has 6 atom stereocenters. The van der Waals surface area contributed by atoms with Crippen LogP contribution in [-0.4, -0.2) is 11.6 Å². The molecule has 0 spiro atoms. The molecule has 4 rings (SSSR count). The molecular formula is C22H30O2. The summed E-state index contributed by atoms with van der Waals surface area (Å²) in [6.45, 7) is 6.22. The van der Waals surface area contributed by atoms with Gasteiger partial charge in [0.1, 0.15) is 0 Å². The van der Waals surface area contributed by atoms with Crippen molar-refractivity contribution in [2.75, 3.05) is 0 Å². The Labute approximate surface area is 145 Å². The maximum atomic E-state index is 12.5. The molecule has 0 amide bonds. The third kappa shape index (κ3) is 2.07. The molecule has 4 aliphatic rings. The van der Waals surface area contributed by atoms with Crippen LogP contribution in [0.1, 0.15) is 65.7 Å². The molecule has 4 aliphatic carbocycles. The average molecular weight is 326 g/mol. The van der Waals surface area contributed by atoms with Crippen LogP contribution in [0.3, 0.4) is 0 Å². The van der Waals surface area contributed by atoms with Gasteiger partial charge < -0.3 is 0 Å². The minimum absolute atomic E-state index is 0.0207. The highest BCUT2D eigenvalue weighted by molar-refractivity contribution is 6.37. The lowest BCUT2D eigenvalue weighted by Gasteiger charge is -2.57. The third-order valence-electron chi connectivity index (χ3n) is 8.27. The summed E-state index contributed by atoms with van der Waals surface area (Å²) < 4.78 is 0. The SMILES string of the molecule is CC(=O)C(=O)[C@H]1CC[C@H]2[C@@H]3CCC4=CCC=C[C@]4(C)[C@H]3CC[C@]12C. The van der Waals surface area contributed by atoms with Gasteiger partial charge in [-0.25, -0.2) is 0 Å². The van der Waals surface area contributed by atoms with Gasteiger partial charge in [-0.2, -0.15) is 0 Å². The summed E-state index contributed by atoms with van der Waals surface area (Å²) in [6, 6.07) is 0. The monoisotopic (exact) mass is 326 g/mol. The fourth-order valence-corrected chi connectivity index (χ4v) is 7.02. The summed E-state index contributed by atoms with van der Waals surface area (Å²) in [5, 5.41) is 0. The molecule has 2 heteroatoms. The van der Waals surface area contributed by atoms with Gasteiger partial charge in [-0.05, 0) is 68.1 Å². The number of carbonyl (C=O) groups excluding carboxylic acids is 2. The number of allylic oxidation sites excluding steroid dienone is 4. The molecule has 0 aromatic carbocycles. The van der Waals surface area contributed by atoms with Crippen LogP contribution in [0, 0.1) is 34.5 Å². The Kier molecular flexibility index (Phi) is 3.67. The van der Waals surface area contributed by atoms with Crippen molar-refractivity contribution in [3.63, 3.8) is 0 Å². The predicted molar refractivity (Wildman–Crippen MR) is 95.4 cm³/mol. The van der Waals surface area contributed by atoms with Crippen LogP contribution < -0.4 is 0 Å². The van der Waals surface area contributed by atoms with Crippen LogP contribution in [0.15, 0.2) is 23.8 Å². The van der Waals surface area contributed by atoms with Gasteiger partial charge >= 0.3 is 0 Å². The van der Waals surface area contributed by atoms with E-state index >= 15 is 0 Å². The van der Waals surface area contributed by atoms with Crippen molar-refractivity contribution in [3.8, 4) is 0 Å². The molecule has 130 valence electrons. The third-order valence-corrected chi connectivity index (χ3v) is 8.27. The van der Waals surface area contributed by atoms with Crippen molar-refractivity contribution in [2.45, 2.75) is 65.7 Å². The normalized spacial score (nSPS) is 46.5. The van der Waals surface area contributed by atoms with E-state index in [1.54, 1.807) is 5.57 Å². The van der Waals surface area contributed by atoms with Gasteiger partial charge in [-0.3, -0.25) is 9.59 Å². The van der Waals surface area contributed by atoms with E-state index in [-0.39, 0.29) is 28.3 Å². The number of Topliss-reactive ketones (excluding diaryl/α,β-unsaturated/α-hetero) is 2. The Hall–Kier alpha value is -1.18. The van der Waals surface area contributed by atoms with Crippen molar-refractivity contribution in [1.29, 1.82) is 0 Å². The van der Waals surface area contributed by atoms with Crippen LogP contribution >= 0.6 is 0 Å². The molecule has 0 saturated heterocycles. The molecule has 2 nitrogen and oxygen atoms in total. The highest BCUT2D eigenvalue weighted by atomic mass is 16.2. The molecule has 0 aromatic heterocycles. The van der Waals surface area contributed by atoms with Gasteiger partial charge in [0.2, 0.25) is 5.78 Å². The van der Waals surface area contributed by atoms with Gasteiger partial charge in [0.05, 0.1) is 0 Å². The van der Waals surface area contributed by atoms with E-state index in [0.717, 1.165) is 37.5 Å². The Morgan fingerprint density at radius 2 is 1.88 bits per heavy atom. The topological polar surface area (TPSA) is 34.1 Å². The lowest BCUT2D eigenvalue weighted by Crippen LogP contribution is -2.50. The molecule has 24 heavy (non-hydrogen) atoms. The van der Waals surface area contributed by atoms with Gasteiger partial charge in [0.25, 0.3) is 0 Å². The Morgan fingerprint density at radius 1 is 1.08 bits per heavy atom. The van der Waals surface area contributed by atoms with E-state index in [9.17, 15) is 9.59 Å². The maximum absolute atomic E-state index is 12.5. The minimum atomic E-state index is -0.236. The van der Waals surface area contributed by atoms with Gasteiger partial charge in [-0.15, -0.1) is 0 Å². The van der Waals surface area contributed by atoms with Crippen LogP contribution in [0.2, 0.25) is 0 Å². The zero-order valence-corrected chi connectivity index (χ0v) is 15.3. The zero-order valence-electron chi connectivity index (χ0n) is 15.3. The Bertz CT molecular complexity index is 642. The van der Waals surface area contributed by atoms with Crippen LogP contribution in [0.25, 0.3) is 0 Å². The summed E-state index contributed by atoms with van der Waals surface area (Å²) in [5.74, 6) is 1.71. The fourth-order valence-electron chi connectivity index (χ4n) is 7.02. The first-order valence-electron chi connectivity index (χ1n) is 9.80. The van der Waals surface area contributed by atoms with Gasteiger partial charge in [0.15, 0.2) is 5.78 Å². The number of hydrogen-bond acceptors (Lipinski definition) is 2. The molecule has 3 saturated carbocycles. The van der Waals surface area contributed by atoms with E-state index in [4.69, 9.17) is 0 Å². The van der Waals surface area contributed by atoms with Crippen LogP contribution in [0.4, 0.5) is 0 Å². The second-order valence-electron chi connectivity index (χ2n) is 9.16. The second-order valence-corrected chi connectivity index (χ2v) is 9.16. The van der Waals surface area contributed by atoms with E-state index in [1.807, 2.05) is 0 Å². The molecular weight excluding hydrogens is 296 g/mol. The molecule has 0 radical (unpaired) electrons. The molecule has 0 aromatic rings. The number of ketones is 2. The summed E-state index contributed by atoms with van der Waals surface area (Å²) in [7, 11) is 0. The van der Waals surface area contributed by atoms with Crippen LogP contribution in [-0.2, 0) is 9.59 Å². The van der Waals surface area contributed by atoms with E-state index in [1.165, 1.54) is 26.2 Å². The molecule has 3 fully saturated rings. The lowest BCUT2D eigenvalue weighted by molar-refractivity contribution is -0.141. The summed E-state index contributed by atoms with van der Waals surface area (Å²) in [4.78, 5) is 24.2. The summed E-state index contributed by atoms with van der Waals surface area (Å²) in [5.41, 5.74) is 1.95. The summed E-state index contributed by atoms with van der Waals surface area (Å²) in [6.07, 6.45) is 15.3. The molecule has 0 bridgehead atoms. The van der Waals surface area contributed by atoms with E-state index < -0.39 is 0 Å². The Morgan fingerprint density at radius 3 is 2.62 bits per heavy atom. The highest BCUT2D eigenvalue weighted by Gasteiger charge is 2.59. The average Bonchev–Trinajstić information content (AvgIpc) is 2.90. The zero-order chi connectivity index (χ0) is 17.1. The number of carbonyl (C=O) groups is 2. The largest absolute Gasteiger partial charge is 0.291 e. The molecule has 0 N–H and O–H groups in total. The first kappa shape index (κ1) is 16.3. The van der Waals surface area contributed by atoms with Gasteiger partial charge in [0, 0.05) is 18.3 Å². The molecule has 0 heterocycles. The number of fused-ring (bicyclic) bond motifs is 5. The number of hydrogen-bond donors (Lipinski definition) is 0. The fraction of sp³-hybridized carbons (Fsp3) is 0.727. The lowest BCUT2D eigenvalue weighted by atomic mass is 9.47. The quantitative estimate of drug-likeness (QED) is 0.535. The first-order valence-corrected chi connectivity index (χ1v) is 9.80. The number of rotatable bonds is 2. The van der Waals surface area contributed by atoms with Crippen molar-refractivity contribution in [1.82, 2.24) is 0 Å². The predicted octanol–water partition coefficient (Wildman–Crippen LogP) is 4.89. The Balaban J connectivity index is 1.65. The standard InChI is InChI=1S/C22H30O2/c1-14(23)20(24)19-10-9-17-16-8-7-15-6-4-5-12-21(15,2)18(16)11-13-22(17,19)3/h5-6,12,16-19H,4,7-11,13H2,1-3H3/t16-,17-,18-,19+,21-,22-/m0/s1. The van der Waals surface area contributed by atoms with Crippen molar-refractivity contribution in [3.05, 3.63) is 23.8 Å². The van der Waals surface area contributed by atoms with Crippen molar-refractivity contribution < 1.29 is 9.59 Å². The molecule has 0 aliphatic heterocycles. The van der Waals surface area contributed by atoms with E-state index in [0.29, 0.717) is 5.92 Å². The summed E-state index contributed by atoms with van der Waals surface area (Å²) >= 11 is 0. The first-order chi connectivity index (χ1) is 11.4. The van der Waals surface area contributed by atoms with E-state index in [2.05, 4.69) is 32.1 Å². The smallest absolute Gasteiger partial charge is 0.201 e.